The second-order valence-electron chi connectivity index (χ2n) is 3.86. The summed E-state index contributed by atoms with van der Waals surface area (Å²) in [7, 11) is 0. The first-order valence-electron chi connectivity index (χ1n) is 5.71. The maximum Gasteiger partial charge on any atom is 0.372 e. The smallest absolute Gasteiger partial charge is 0.372 e. The molecule has 0 aliphatic rings. The Hall–Kier alpha value is -1.29. The molecule has 1 heterocycles. The van der Waals surface area contributed by atoms with Crippen molar-refractivity contribution in [2.24, 2.45) is 0 Å². The molecule has 0 amide bonds. The summed E-state index contributed by atoms with van der Waals surface area (Å²) >= 11 is 0. The largest absolute Gasteiger partial charge is 0.475 e. The van der Waals surface area contributed by atoms with E-state index in [9.17, 15) is 4.79 Å². The van der Waals surface area contributed by atoms with Crippen LogP contribution in [0.15, 0.2) is 16.7 Å². The van der Waals surface area contributed by atoms with Crippen LogP contribution in [0.25, 0.3) is 0 Å². The Morgan fingerprint density at radius 3 is 2.50 bits per heavy atom. The second kappa shape index (κ2) is 6.33. The van der Waals surface area contributed by atoms with Gasteiger partial charge in [-0.25, -0.2) is 4.79 Å². The van der Waals surface area contributed by atoms with Gasteiger partial charge in [-0.2, -0.15) is 0 Å². The normalized spacial score (nSPS) is 10.9. The van der Waals surface area contributed by atoms with Crippen LogP contribution >= 0.6 is 0 Å². The van der Waals surface area contributed by atoms with Gasteiger partial charge in [0.15, 0.2) is 0 Å². The molecule has 1 aromatic rings. The number of carboxylic acid groups (broad SMARTS) is 1. The molecule has 1 aromatic heterocycles. The summed E-state index contributed by atoms with van der Waals surface area (Å²) in [5, 5.41) is 8.91. The molecule has 0 spiro atoms. The fourth-order valence-corrected chi connectivity index (χ4v) is 1.79. The van der Waals surface area contributed by atoms with Crippen molar-refractivity contribution in [3.8, 4) is 0 Å². The van der Waals surface area contributed by atoms with Crippen molar-refractivity contribution in [1.29, 1.82) is 0 Å². The summed E-state index contributed by atoms with van der Waals surface area (Å²) < 4.78 is 4.96. The molecule has 0 aromatic carbocycles. The predicted octanol–water partition coefficient (Wildman–Crippen LogP) is 2.60. The molecule has 0 saturated carbocycles. The molecule has 4 nitrogen and oxygen atoms in total. The average Bonchev–Trinajstić information content (AvgIpc) is 2.66. The Balaban J connectivity index is 2.68. The zero-order valence-electron chi connectivity index (χ0n) is 9.90. The van der Waals surface area contributed by atoms with Gasteiger partial charge in [-0.15, -0.1) is 0 Å². The van der Waals surface area contributed by atoms with Crippen molar-refractivity contribution < 1.29 is 14.3 Å². The quantitative estimate of drug-likeness (QED) is 0.775. The molecule has 0 radical (unpaired) electrons. The van der Waals surface area contributed by atoms with E-state index in [1.54, 1.807) is 6.07 Å². The van der Waals surface area contributed by atoms with Gasteiger partial charge >= 0.3 is 5.97 Å². The number of nitrogens with zero attached hydrogens (tertiary/aromatic N) is 1. The number of carbonyl (C=O) groups is 1. The highest BCUT2D eigenvalue weighted by molar-refractivity contribution is 5.86. The van der Waals surface area contributed by atoms with E-state index in [2.05, 4.69) is 18.7 Å². The highest BCUT2D eigenvalue weighted by atomic mass is 16.4. The van der Waals surface area contributed by atoms with Gasteiger partial charge in [0.2, 0.25) is 5.76 Å². The van der Waals surface area contributed by atoms with Gasteiger partial charge in [-0.05, 0) is 32.0 Å². The first kappa shape index (κ1) is 12.8. The lowest BCUT2D eigenvalue weighted by molar-refractivity contribution is 0.0659. The third-order valence-electron chi connectivity index (χ3n) is 2.41. The number of hydrogen-bond acceptors (Lipinski definition) is 3. The van der Waals surface area contributed by atoms with E-state index < -0.39 is 5.97 Å². The summed E-state index contributed by atoms with van der Waals surface area (Å²) in [6, 6.07) is 1.74. The SMILES string of the molecule is CCCN(CCC)Cc1ccoc1C(=O)O. The van der Waals surface area contributed by atoms with Crippen molar-refractivity contribution in [2.45, 2.75) is 33.2 Å². The maximum absolute atomic E-state index is 10.9. The van der Waals surface area contributed by atoms with Gasteiger partial charge in [-0.3, -0.25) is 4.90 Å². The van der Waals surface area contributed by atoms with Crippen molar-refractivity contribution in [1.82, 2.24) is 4.90 Å². The molecule has 1 rings (SSSR count). The topological polar surface area (TPSA) is 53.7 Å². The van der Waals surface area contributed by atoms with Crippen LogP contribution < -0.4 is 0 Å². The Morgan fingerprint density at radius 2 is 2.00 bits per heavy atom. The fraction of sp³-hybridized carbons (Fsp3) is 0.583. The minimum atomic E-state index is -0.993. The molecule has 0 unspecified atom stereocenters. The number of furan rings is 1. The van der Waals surface area contributed by atoms with E-state index in [0.717, 1.165) is 31.5 Å². The molecule has 90 valence electrons. The zero-order valence-corrected chi connectivity index (χ0v) is 9.90. The van der Waals surface area contributed by atoms with E-state index in [-0.39, 0.29) is 5.76 Å². The van der Waals surface area contributed by atoms with E-state index in [1.807, 2.05) is 0 Å². The van der Waals surface area contributed by atoms with Crippen molar-refractivity contribution in [3.05, 3.63) is 23.7 Å². The van der Waals surface area contributed by atoms with E-state index in [1.165, 1.54) is 6.26 Å². The molecular formula is C12H19NO3. The number of aromatic carboxylic acids is 1. The van der Waals surface area contributed by atoms with Crippen LogP contribution in [0.2, 0.25) is 0 Å². The summed E-state index contributed by atoms with van der Waals surface area (Å²) in [4.78, 5) is 13.1. The van der Waals surface area contributed by atoms with Crippen molar-refractivity contribution >= 4 is 5.97 Å². The maximum atomic E-state index is 10.9. The monoisotopic (exact) mass is 225 g/mol. The van der Waals surface area contributed by atoms with Crippen LogP contribution in [-0.2, 0) is 6.54 Å². The summed E-state index contributed by atoms with van der Waals surface area (Å²) in [6.07, 6.45) is 3.58. The number of carboxylic acids is 1. The van der Waals surface area contributed by atoms with Gasteiger partial charge in [0.1, 0.15) is 0 Å². The Bertz CT molecular complexity index is 327. The Labute approximate surface area is 95.9 Å². The highest BCUT2D eigenvalue weighted by Crippen LogP contribution is 2.13. The van der Waals surface area contributed by atoms with Crippen LogP contribution in [0.5, 0.6) is 0 Å². The van der Waals surface area contributed by atoms with Crippen LogP contribution in [0.3, 0.4) is 0 Å². The van der Waals surface area contributed by atoms with E-state index >= 15 is 0 Å². The minimum Gasteiger partial charge on any atom is -0.475 e. The lowest BCUT2D eigenvalue weighted by atomic mass is 10.2. The van der Waals surface area contributed by atoms with Crippen LogP contribution in [0.4, 0.5) is 0 Å². The standard InChI is InChI=1S/C12H19NO3/c1-3-6-13(7-4-2)9-10-5-8-16-11(10)12(14)15/h5,8H,3-4,6-7,9H2,1-2H3,(H,14,15). The third-order valence-corrected chi connectivity index (χ3v) is 2.41. The van der Waals surface area contributed by atoms with E-state index in [4.69, 9.17) is 9.52 Å². The van der Waals surface area contributed by atoms with Crippen molar-refractivity contribution in [2.75, 3.05) is 13.1 Å². The van der Waals surface area contributed by atoms with Crippen LogP contribution in [0.1, 0.15) is 42.8 Å². The molecular weight excluding hydrogens is 206 g/mol. The number of hydrogen-bond donors (Lipinski definition) is 1. The van der Waals surface area contributed by atoms with Gasteiger partial charge < -0.3 is 9.52 Å². The lowest BCUT2D eigenvalue weighted by Gasteiger charge is -2.20. The summed E-state index contributed by atoms with van der Waals surface area (Å²) in [6.45, 7) is 6.86. The average molecular weight is 225 g/mol. The van der Waals surface area contributed by atoms with Gasteiger partial charge in [0.05, 0.1) is 6.26 Å². The first-order chi connectivity index (χ1) is 7.69. The van der Waals surface area contributed by atoms with Crippen molar-refractivity contribution in [3.63, 3.8) is 0 Å². The molecule has 0 aliphatic heterocycles. The molecule has 1 N–H and O–H groups in total. The minimum absolute atomic E-state index is 0.0669. The zero-order chi connectivity index (χ0) is 12.0. The summed E-state index contributed by atoms with van der Waals surface area (Å²) in [5.74, 6) is -0.926. The van der Waals surface area contributed by atoms with Gasteiger partial charge in [0, 0.05) is 12.1 Å². The Kier molecular flexibility index (Phi) is 5.05. The lowest BCUT2D eigenvalue weighted by Crippen LogP contribution is -2.25. The molecule has 16 heavy (non-hydrogen) atoms. The molecule has 0 bridgehead atoms. The van der Waals surface area contributed by atoms with Gasteiger partial charge in [-0.1, -0.05) is 13.8 Å². The molecule has 0 atom stereocenters. The molecule has 0 aliphatic carbocycles. The summed E-state index contributed by atoms with van der Waals surface area (Å²) in [5.41, 5.74) is 0.759. The Morgan fingerprint density at radius 1 is 1.38 bits per heavy atom. The number of rotatable bonds is 7. The van der Waals surface area contributed by atoms with Gasteiger partial charge in [0.25, 0.3) is 0 Å². The van der Waals surface area contributed by atoms with Crippen LogP contribution in [-0.4, -0.2) is 29.1 Å². The first-order valence-corrected chi connectivity index (χ1v) is 5.71. The van der Waals surface area contributed by atoms with E-state index in [0.29, 0.717) is 6.54 Å². The second-order valence-corrected chi connectivity index (χ2v) is 3.86. The third kappa shape index (κ3) is 3.38. The molecule has 0 fully saturated rings. The predicted molar refractivity (Wildman–Crippen MR) is 61.5 cm³/mol. The van der Waals surface area contributed by atoms with Crippen LogP contribution in [0, 0.1) is 0 Å². The molecule has 0 saturated heterocycles. The highest BCUT2D eigenvalue weighted by Gasteiger charge is 2.15. The fourth-order valence-electron chi connectivity index (χ4n) is 1.79. The molecule has 4 heteroatoms.